The van der Waals surface area contributed by atoms with Gasteiger partial charge in [0.25, 0.3) is 5.69 Å². The maximum Gasteiger partial charge on any atom is 0.269 e. The molecule has 3 aliphatic rings. The van der Waals surface area contributed by atoms with Crippen LogP contribution in [0.15, 0.2) is 78.9 Å². The summed E-state index contributed by atoms with van der Waals surface area (Å²) >= 11 is 6.00. The molecule has 3 heterocycles. The molecule has 9 nitrogen and oxygen atoms in total. The van der Waals surface area contributed by atoms with Crippen molar-refractivity contribution in [3.8, 4) is 0 Å². The Bertz CT molecular complexity index is 1490. The first-order valence-electron chi connectivity index (χ1n) is 11.6. The van der Waals surface area contributed by atoms with Gasteiger partial charge in [0.05, 0.1) is 28.5 Å². The molecule has 2 saturated heterocycles. The summed E-state index contributed by atoms with van der Waals surface area (Å²) in [5, 5.41) is 14.3. The molecule has 3 aromatic rings. The molecule has 2 fully saturated rings. The molecule has 0 aromatic heterocycles. The lowest BCUT2D eigenvalue weighted by atomic mass is 9.88. The van der Waals surface area contributed by atoms with Crippen molar-refractivity contribution < 1.29 is 19.3 Å². The number of non-ortho nitro benzene ring substituents is 1. The quantitative estimate of drug-likeness (QED) is 0.316. The van der Waals surface area contributed by atoms with Crippen molar-refractivity contribution in [2.24, 2.45) is 11.8 Å². The average Bonchev–Trinajstić information content (AvgIpc) is 3.38. The Kier molecular flexibility index (Phi) is 5.31. The van der Waals surface area contributed by atoms with Gasteiger partial charge in [-0.25, -0.2) is 4.90 Å². The summed E-state index contributed by atoms with van der Waals surface area (Å²) in [6.45, 7) is 0. The fourth-order valence-electron chi connectivity index (χ4n) is 5.54. The summed E-state index contributed by atoms with van der Waals surface area (Å²) in [6.07, 6.45) is 3.78. The summed E-state index contributed by atoms with van der Waals surface area (Å²) in [7, 11) is 0. The third-order valence-electron chi connectivity index (χ3n) is 7.11. The van der Waals surface area contributed by atoms with Gasteiger partial charge in [-0.2, -0.15) is 0 Å². The van der Waals surface area contributed by atoms with Gasteiger partial charge in [-0.05, 0) is 48.0 Å². The number of halogens is 1. The van der Waals surface area contributed by atoms with Crippen molar-refractivity contribution >= 4 is 58.1 Å². The maximum atomic E-state index is 13.8. The minimum Gasteiger partial charge on any atom is -0.351 e. The molecule has 0 unspecified atom stereocenters. The largest absolute Gasteiger partial charge is 0.351 e. The molecule has 0 aliphatic carbocycles. The summed E-state index contributed by atoms with van der Waals surface area (Å²) in [5.74, 6) is -3.00. The molecule has 0 bridgehead atoms. The van der Waals surface area contributed by atoms with Crippen LogP contribution in [0, 0.1) is 22.0 Å². The molecule has 0 radical (unpaired) electrons. The molecular weight excluding hydrogens is 496 g/mol. The highest BCUT2D eigenvalue weighted by molar-refractivity contribution is 6.31. The lowest BCUT2D eigenvalue weighted by molar-refractivity contribution is -0.384. The van der Waals surface area contributed by atoms with E-state index in [0.29, 0.717) is 16.4 Å². The molecule has 3 amide bonds. The molecule has 3 aliphatic heterocycles. The first kappa shape index (κ1) is 22.9. The minimum absolute atomic E-state index is 0.107. The van der Waals surface area contributed by atoms with Gasteiger partial charge in [-0.1, -0.05) is 42.0 Å². The summed E-state index contributed by atoms with van der Waals surface area (Å²) < 4.78 is 0. The van der Waals surface area contributed by atoms with E-state index in [1.165, 1.54) is 24.3 Å². The van der Waals surface area contributed by atoms with E-state index in [0.717, 1.165) is 16.2 Å². The third-order valence-corrected chi connectivity index (χ3v) is 7.37. The van der Waals surface area contributed by atoms with Gasteiger partial charge in [-0.15, -0.1) is 0 Å². The molecule has 4 atom stereocenters. The zero-order chi connectivity index (χ0) is 25.8. The second-order valence-electron chi connectivity index (χ2n) is 9.09. The molecule has 3 aromatic carbocycles. The summed E-state index contributed by atoms with van der Waals surface area (Å²) in [6, 6.07) is 17.9. The van der Waals surface area contributed by atoms with E-state index < -0.39 is 40.7 Å². The van der Waals surface area contributed by atoms with Gasteiger partial charge in [0.2, 0.25) is 17.7 Å². The molecule has 184 valence electrons. The highest BCUT2D eigenvalue weighted by Crippen LogP contribution is 2.49. The molecule has 6 rings (SSSR count). The van der Waals surface area contributed by atoms with Crippen LogP contribution in [-0.4, -0.2) is 34.7 Å². The normalized spacial score (nSPS) is 23.5. The number of anilines is 3. The van der Waals surface area contributed by atoms with Crippen molar-refractivity contribution in [3.63, 3.8) is 0 Å². The number of carbonyl (C=O) groups excluding carboxylic acids is 3. The Labute approximate surface area is 216 Å². The van der Waals surface area contributed by atoms with Crippen LogP contribution in [0.25, 0.3) is 6.08 Å². The number of hydrogen-bond acceptors (Lipinski definition) is 6. The number of rotatable bonds is 4. The Morgan fingerprint density at radius 2 is 1.59 bits per heavy atom. The molecule has 37 heavy (non-hydrogen) atoms. The topological polar surface area (TPSA) is 113 Å². The van der Waals surface area contributed by atoms with Crippen LogP contribution in [-0.2, 0) is 14.4 Å². The van der Waals surface area contributed by atoms with Crippen LogP contribution in [0.3, 0.4) is 0 Å². The monoisotopic (exact) mass is 514 g/mol. The van der Waals surface area contributed by atoms with E-state index in [-0.39, 0.29) is 11.6 Å². The smallest absolute Gasteiger partial charge is 0.269 e. The highest BCUT2D eigenvalue weighted by atomic mass is 35.5. The van der Waals surface area contributed by atoms with Crippen LogP contribution in [0.1, 0.15) is 5.56 Å². The van der Waals surface area contributed by atoms with Crippen LogP contribution in [0.2, 0.25) is 5.02 Å². The number of nitro groups is 1. The van der Waals surface area contributed by atoms with Gasteiger partial charge in [-0.3, -0.25) is 24.5 Å². The van der Waals surface area contributed by atoms with Gasteiger partial charge >= 0.3 is 0 Å². The van der Waals surface area contributed by atoms with E-state index in [9.17, 15) is 24.5 Å². The van der Waals surface area contributed by atoms with Crippen molar-refractivity contribution in [1.82, 2.24) is 0 Å². The Balaban J connectivity index is 1.40. The molecule has 0 saturated carbocycles. The lowest BCUT2D eigenvalue weighted by Gasteiger charge is -2.36. The second kappa shape index (κ2) is 8.56. The van der Waals surface area contributed by atoms with Gasteiger partial charge in [0, 0.05) is 28.5 Å². The Hall–Kier alpha value is -4.50. The number of nitrogens with one attached hydrogen (secondary N) is 1. The van der Waals surface area contributed by atoms with Crippen molar-refractivity contribution in [3.05, 3.63) is 99.6 Å². The predicted octanol–water partition coefficient (Wildman–Crippen LogP) is 4.28. The first-order chi connectivity index (χ1) is 17.8. The number of benzene rings is 3. The highest BCUT2D eigenvalue weighted by Gasteiger charge is 2.64. The average molecular weight is 515 g/mol. The van der Waals surface area contributed by atoms with E-state index >= 15 is 0 Å². The lowest BCUT2D eigenvalue weighted by Crippen LogP contribution is -2.50. The SMILES string of the molecule is O=C(Nc1ccc([N+](=O)[O-])cc1)[C@@H]1[C@@H]2C(=O)N(c3ccc(Cl)cc3)C(=O)[C@H]2[C@H]2C=Cc3ccccc3N21. The second-order valence-corrected chi connectivity index (χ2v) is 9.53. The fraction of sp³-hybridized carbons (Fsp3) is 0.148. The van der Waals surface area contributed by atoms with E-state index in [1.807, 2.05) is 41.3 Å². The van der Waals surface area contributed by atoms with Crippen molar-refractivity contribution in [2.75, 3.05) is 15.1 Å². The first-order valence-corrected chi connectivity index (χ1v) is 12.0. The van der Waals surface area contributed by atoms with Crippen molar-refractivity contribution in [2.45, 2.75) is 12.1 Å². The number of nitrogens with zero attached hydrogens (tertiary/aromatic N) is 3. The number of amides is 3. The number of fused-ring (bicyclic) bond motifs is 5. The van der Waals surface area contributed by atoms with Crippen LogP contribution in [0.5, 0.6) is 0 Å². The fourth-order valence-corrected chi connectivity index (χ4v) is 5.67. The Morgan fingerprint density at radius 3 is 2.30 bits per heavy atom. The zero-order valence-corrected chi connectivity index (χ0v) is 19.9. The molecule has 10 heteroatoms. The summed E-state index contributed by atoms with van der Waals surface area (Å²) in [4.78, 5) is 54.7. The van der Waals surface area contributed by atoms with Gasteiger partial charge in [0.1, 0.15) is 6.04 Å². The number of carbonyl (C=O) groups is 3. The van der Waals surface area contributed by atoms with E-state index in [1.54, 1.807) is 24.3 Å². The third kappa shape index (κ3) is 3.58. The standard InChI is InChI=1S/C27H19ClN4O5/c28-16-6-10-18(11-7-16)30-26(34)22-21-14-5-15-3-1-2-4-20(15)31(21)24(23(22)27(30)35)25(33)29-17-8-12-19(13-9-17)32(36)37/h1-14,21-24H,(H,29,33)/t21-,22+,23-,24+/m1/s1. The van der Waals surface area contributed by atoms with Crippen LogP contribution >= 0.6 is 11.6 Å². The van der Waals surface area contributed by atoms with Crippen LogP contribution < -0.4 is 15.1 Å². The molecule has 1 N–H and O–H groups in total. The van der Waals surface area contributed by atoms with E-state index in [2.05, 4.69) is 5.32 Å². The zero-order valence-electron chi connectivity index (χ0n) is 19.2. The van der Waals surface area contributed by atoms with E-state index in [4.69, 9.17) is 11.6 Å². The number of imide groups is 1. The van der Waals surface area contributed by atoms with Gasteiger partial charge < -0.3 is 10.2 Å². The number of para-hydroxylation sites is 1. The van der Waals surface area contributed by atoms with Crippen LogP contribution in [0.4, 0.5) is 22.7 Å². The Morgan fingerprint density at radius 1 is 0.919 bits per heavy atom. The molecular formula is C27H19ClN4O5. The molecule has 0 spiro atoms. The van der Waals surface area contributed by atoms with Gasteiger partial charge in [0.15, 0.2) is 0 Å². The predicted molar refractivity (Wildman–Crippen MR) is 138 cm³/mol. The minimum atomic E-state index is -0.981. The summed E-state index contributed by atoms with van der Waals surface area (Å²) in [5.41, 5.74) is 2.27. The van der Waals surface area contributed by atoms with Crippen molar-refractivity contribution in [1.29, 1.82) is 0 Å². The number of nitro benzene ring substituents is 1. The number of hydrogen-bond donors (Lipinski definition) is 1. The maximum absolute atomic E-state index is 13.8.